The molecular formula is C27H39N5O5. The number of pyridine rings is 1. The van der Waals surface area contributed by atoms with Crippen molar-refractivity contribution in [3.8, 4) is 17.1 Å². The molecule has 0 spiro atoms. The molecule has 2 aromatic heterocycles. The maximum atomic E-state index is 12.5. The Labute approximate surface area is 218 Å². The van der Waals surface area contributed by atoms with Crippen LogP contribution in [0.15, 0.2) is 12.1 Å². The van der Waals surface area contributed by atoms with E-state index in [2.05, 4.69) is 24.2 Å². The van der Waals surface area contributed by atoms with Gasteiger partial charge in [0.05, 0.1) is 22.9 Å². The summed E-state index contributed by atoms with van der Waals surface area (Å²) in [5, 5.41) is 18.1. The average Bonchev–Trinajstić information content (AvgIpc) is 3.65. The van der Waals surface area contributed by atoms with Crippen molar-refractivity contribution < 1.29 is 24.2 Å². The van der Waals surface area contributed by atoms with Gasteiger partial charge in [-0.25, -0.2) is 14.5 Å². The van der Waals surface area contributed by atoms with Gasteiger partial charge in [-0.15, -0.1) is 5.10 Å². The molecule has 0 bridgehead atoms. The smallest absolute Gasteiger partial charge is 0.409 e. The lowest BCUT2D eigenvalue weighted by atomic mass is 9.74. The summed E-state index contributed by atoms with van der Waals surface area (Å²) in [6.45, 7) is 6.67. The fraction of sp³-hybridized carbons (Fsp3) is 0.667. The number of hydrogen-bond acceptors (Lipinski definition) is 7. The van der Waals surface area contributed by atoms with Gasteiger partial charge in [-0.3, -0.25) is 4.79 Å². The third-order valence-corrected chi connectivity index (χ3v) is 7.70. The molecular weight excluding hydrogens is 474 g/mol. The number of carbonyl (C=O) groups excluding carboxylic acids is 1. The number of nitrogens with zero attached hydrogens (tertiary/aromatic N) is 5. The highest BCUT2D eigenvalue weighted by molar-refractivity contribution is 5.74. The molecule has 2 heterocycles. The van der Waals surface area contributed by atoms with Crippen molar-refractivity contribution in [2.45, 2.75) is 84.3 Å². The van der Waals surface area contributed by atoms with Gasteiger partial charge in [0, 0.05) is 33.0 Å². The lowest BCUT2D eigenvalue weighted by Gasteiger charge is -2.35. The second-order valence-electron chi connectivity index (χ2n) is 11.0. The Morgan fingerprint density at radius 2 is 2.05 bits per heavy atom. The molecule has 3 atom stereocenters. The first-order valence-electron chi connectivity index (χ1n) is 13.3. The van der Waals surface area contributed by atoms with E-state index in [0.717, 1.165) is 43.5 Å². The van der Waals surface area contributed by atoms with Crippen LogP contribution < -0.4 is 4.74 Å². The van der Waals surface area contributed by atoms with Crippen LogP contribution in [0.4, 0.5) is 4.79 Å². The molecule has 2 fully saturated rings. The Bertz CT molecular complexity index is 1130. The van der Waals surface area contributed by atoms with Crippen molar-refractivity contribution in [1.82, 2.24) is 24.9 Å². The molecule has 37 heavy (non-hydrogen) atoms. The summed E-state index contributed by atoms with van der Waals surface area (Å²) in [6, 6.07) is 3.76. The highest BCUT2D eigenvalue weighted by Crippen LogP contribution is 2.45. The first-order valence-corrected chi connectivity index (χ1v) is 13.3. The van der Waals surface area contributed by atoms with Crippen molar-refractivity contribution in [1.29, 1.82) is 0 Å². The summed E-state index contributed by atoms with van der Waals surface area (Å²) in [4.78, 5) is 30.8. The van der Waals surface area contributed by atoms with E-state index < -0.39 is 11.4 Å². The summed E-state index contributed by atoms with van der Waals surface area (Å²) in [5.74, 6) is 0.661. The van der Waals surface area contributed by atoms with Crippen LogP contribution in [0.25, 0.3) is 11.4 Å². The van der Waals surface area contributed by atoms with E-state index in [9.17, 15) is 14.7 Å². The number of aryl methyl sites for hydroxylation is 1. The fourth-order valence-corrected chi connectivity index (χ4v) is 4.89. The average molecular weight is 514 g/mol. The molecule has 0 radical (unpaired) electrons. The summed E-state index contributed by atoms with van der Waals surface area (Å²) in [6.07, 6.45) is 5.34. The number of amides is 1. The van der Waals surface area contributed by atoms with Crippen LogP contribution in [0.3, 0.4) is 0 Å². The highest BCUT2D eigenvalue weighted by Gasteiger charge is 2.40. The van der Waals surface area contributed by atoms with Crippen LogP contribution in [-0.4, -0.2) is 61.7 Å². The van der Waals surface area contributed by atoms with Crippen molar-refractivity contribution in [2.24, 2.45) is 18.4 Å². The number of carboxylic acids is 1. The SMILES string of the molecule is CCC(C)CN(C)C(=O)OCc1c(-c2ccc(O[C@H]3CCC[C@](C)(C(=O)O)C3)c(C3CC3)n2)nnn1C. The highest BCUT2D eigenvalue weighted by atomic mass is 16.6. The van der Waals surface area contributed by atoms with Crippen molar-refractivity contribution in [3.05, 3.63) is 23.5 Å². The summed E-state index contributed by atoms with van der Waals surface area (Å²) < 4.78 is 13.5. The Balaban J connectivity index is 1.50. The minimum absolute atomic E-state index is 0.0387. The van der Waals surface area contributed by atoms with E-state index >= 15 is 0 Å². The first-order chi connectivity index (χ1) is 17.6. The number of ether oxygens (including phenoxy) is 2. The Morgan fingerprint density at radius 3 is 2.73 bits per heavy atom. The van der Waals surface area contributed by atoms with Crippen molar-refractivity contribution in [2.75, 3.05) is 13.6 Å². The monoisotopic (exact) mass is 513 g/mol. The molecule has 2 aromatic rings. The first kappa shape index (κ1) is 26.9. The zero-order valence-corrected chi connectivity index (χ0v) is 22.6. The molecule has 0 aliphatic heterocycles. The molecule has 10 heteroatoms. The molecule has 0 saturated heterocycles. The van der Waals surface area contributed by atoms with Crippen LogP contribution in [0.5, 0.6) is 5.75 Å². The number of aromatic nitrogens is 4. The van der Waals surface area contributed by atoms with Gasteiger partial charge in [-0.05, 0) is 57.1 Å². The quantitative estimate of drug-likeness (QED) is 0.482. The van der Waals surface area contributed by atoms with Gasteiger partial charge in [0.1, 0.15) is 23.7 Å². The van der Waals surface area contributed by atoms with Gasteiger partial charge < -0.3 is 19.5 Å². The zero-order valence-electron chi connectivity index (χ0n) is 22.6. The maximum Gasteiger partial charge on any atom is 0.409 e. The fourth-order valence-electron chi connectivity index (χ4n) is 4.89. The minimum Gasteiger partial charge on any atom is -0.488 e. The van der Waals surface area contributed by atoms with Crippen molar-refractivity contribution in [3.63, 3.8) is 0 Å². The lowest BCUT2D eigenvalue weighted by molar-refractivity contribution is -0.151. The number of carbonyl (C=O) groups is 2. The predicted octanol–water partition coefficient (Wildman–Crippen LogP) is 4.78. The van der Waals surface area contributed by atoms with Gasteiger partial charge >= 0.3 is 12.1 Å². The molecule has 2 aliphatic rings. The number of hydrogen-bond donors (Lipinski definition) is 1. The molecule has 10 nitrogen and oxygen atoms in total. The molecule has 2 aliphatic carbocycles. The summed E-state index contributed by atoms with van der Waals surface area (Å²) >= 11 is 0. The van der Waals surface area contributed by atoms with E-state index in [-0.39, 0.29) is 18.8 Å². The second kappa shape index (κ2) is 11.1. The third kappa shape index (κ3) is 6.22. The molecule has 202 valence electrons. The standard InChI is InChI=1S/C27H39N5O5/c1-6-17(2)15-31(4)26(35)36-16-21-24(29-30-32(21)5)20-11-12-22(23(28-20)18-9-10-18)37-19-8-7-13-27(3,14-19)25(33)34/h11-12,17-19H,6-10,13-16H2,1-5H3,(H,33,34)/t17?,19-,27-/m0/s1. The van der Waals surface area contributed by atoms with Crippen LogP contribution in [-0.2, 0) is 23.2 Å². The van der Waals surface area contributed by atoms with E-state index in [1.807, 2.05) is 12.1 Å². The molecule has 4 rings (SSSR count). The summed E-state index contributed by atoms with van der Waals surface area (Å²) in [5.41, 5.74) is 2.01. The van der Waals surface area contributed by atoms with Crippen LogP contribution in [0, 0.1) is 11.3 Å². The Hall–Kier alpha value is -3.17. The molecule has 1 N–H and O–H groups in total. The molecule has 1 amide bonds. The lowest BCUT2D eigenvalue weighted by Crippen LogP contribution is -2.38. The van der Waals surface area contributed by atoms with Gasteiger partial charge in [0.2, 0.25) is 0 Å². The van der Waals surface area contributed by atoms with Gasteiger partial charge in [0.15, 0.2) is 0 Å². The van der Waals surface area contributed by atoms with Crippen LogP contribution >= 0.6 is 0 Å². The topological polar surface area (TPSA) is 120 Å². The zero-order chi connectivity index (χ0) is 26.7. The Morgan fingerprint density at radius 1 is 1.30 bits per heavy atom. The molecule has 2 saturated carbocycles. The summed E-state index contributed by atoms with van der Waals surface area (Å²) in [7, 11) is 3.51. The van der Waals surface area contributed by atoms with Gasteiger partial charge in [-0.1, -0.05) is 25.5 Å². The molecule has 0 aromatic carbocycles. The van der Waals surface area contributed by atoms with E-state index in [1.165, 1.54) is 0 Å². The van der Waals surface area contributed by atoms with E-state index in [4.69, 9.17) is 14.5 Å². The van der Waals surface area contributed by atoms with Crippen LogP contribution in [0.2, 0.25) is 0 Å². The van der Waals surface area contributed by atoms with Crippen molar-refractivity contribution >= 4 is 12.1 Å². The minimum atomic E-state index is -0.765. The number of rotatable bonds is 10. The normalized spacial score (nSPS) is 22.4. The maximum absolute atomic E-state index is 12.5. The van der Waals surface area contributed by atoms with E-state index in [1.54, 1.807) is 30.6 Å². The molecule has 1 unspecified atom stereocenters. The number of carboxylic acid groups (broad SMARTS) is 1. The van der Waals surface area contributed by atoms with E-state index in [0.29, 0.717) is 48.3 Å². The number of aliphatic carboxylic acids is 1. The third-order valence-electron chi connectivity index (χ3n) is 7.70. The predicted molar refractivity (Wildman–Crippen MR) is 137 cm³/mol. The largest absolute Gasteiger partial charge is 0.488 e. The second-order valence-corrected chi connectivity index (χ2v) is 11.0. The van der Waals surface area contributed by atoms with Gasteiger partial charge in [-0.2, -0.15) is 0 Å². The Kier molecular flexibility index (Phi) is 8.04. The van der Waals surface area contributed by atoms with Crippen LogP contribution in [0.1, 0.15) is 83.0 Å². The van der Waals surface area contributed by atoms with Gasteiger partial charge in [0.25, 0.3) is 0 Å².